The van der Waals surface area contributed by atoms with Gasteiger partial charge in [-0.3, -0.25) is 14.2 Å². The number of imidazole rings is 1. The number of aliphatic hydroxyl groups excluding tert-OH is 1. The lowest BCUT2D eigenvalue weighted by Gasteiger charge is -2.29. The van der Waals surface area contributed by atoms with Crippen molar-refractivity contribution in [3.63, 3.8) is 0 Å². The van der Waals surface area contributed by atoms with Crippen LogP contribution in [0.25, 0.3) is 0 Å². The largest absolute Gasteiger partial charge is 0.492 e. The summed E-state index contributed by atoms with van der Waals surface area (Å²) in [5, 5.41) is 13.0. The number of para-hydroxylation sites is 2. The van der Waals surface area contributed by atoms with Crippen LogP contribution in [0, 0.1) is 0 Å². The zero-order valence-corrected chi connectivity index (χ0v) is 15.6. The molecule has 2 N–H and O–H groups in total. The number of hydrogen-bond donors (Lipinski definition) is 2. The molecule has 3 atom stereocenters. The van der Waals surface area contributed by atoms with Crippen molar-refractivity contribution in [2.75, 3.05) is 18.5 Å². The topological polar surface area (TPSA) is 112 Å². The van der Waals surface area contributed by atoms with Crippen molar-refractivity contribution in [3.05, 3.63) is 53.3 Å². The molecule has 1 fully saturated rings. The molecular formula is C20H19N3O6. The third kappa shape index (κ3) is 2.78. The Morgan fingerprint density at radius 1 is 1.31 bits per heavy atom. The normalized spacial score (nSPS) is 25.2. The van der Waals surface area contributed by atoms with E-state index in [2.05, 4.69) is 10.3 Å². The number of allylic oxidation sites excluding steroid dienone is 2. The van der Waals surface area contributed by atoms with Gasteiger partial charge in [-0.05, 0) is 19.1 Å². The Hall–Kier alpha value is -3.01. The molecule has 150 valence electrons. The van der Waals surface area contributed by atoms with Crippen LogP contribution in [0.3, 0.4) is 0 Å². The molecule has 0 bridgehead atoms. The van der Waals surface area contributed by atoms with Gasteiger partial charge in [0.2, 0.25) is 11.6 Å². The first-order valence-electron chi connectivity index (χ1n) is 9.40. The summed E-state index contributed by atoms with van der Waals surface area (Å²) in [6.07, 6.45) is -0.796. The van der Waals surface area contributed by atoms with Gasteiger partial charge in [0.1, 0.15) is 41.8 Å². The van der Waals surface area contributed by atoms with E-state index in [1.165, 1.54) is 6.08 Å². The fourth-order valence-corrected chi connectivity index (χ4v) is 3.89. The Kier molecular flexibility index (Phi) is 4.23. The molecule has 3 aliphatic rings. The summed E-state index contributed by atoms with van der Waals surface area (Å²) in [7, 11) is 0. The minimum Gasteiger partial charge on any atom is -0.492 e. The first-order valence-corrected chi connectivity index (χ1v) is 9.40. The van der Waals surface area contributed by atoms with E-state index in [0.29, 0.717) is 23.9 Å². The van der Waals surface area contributed by atoms with E-state index < -0.39 is 24.2 Å². The number of nitrogens with one attached hydrogen (secondary N) is 1. The summed E-state index contributed by atoms with van der Waals surface area (Å²) in [6.45, 7) is 2.52. The quantitative estimate of drug-likeness (QED) is 0.797. The molecule has 0 unspecified atom stereocenters. The lowest BCUT2D eigenvalue weighted by Crippen LogP contribution is -2.37. The number of hydrogen-bond acceptors (Lipinski definition) is 8. The second-order valence-corrected chi connectivity index (χ2v) is 6.97. The zero-order chi connectivity index (χ0) is 20.1. The van der Waals surface area contributed by atoms with Gasteiger partial charge in [0.25, 0.3) is 0 Å². The highest BCUT2D eigenvalue weighted by Gasteiger charge is 2.46. The molecule has 0 spiro atoms. The molecule has 3 heterocycles. The first-order chi connectivity index (χ1) is 14.1. The summed E-state index contributed by atoms with van der Waals surface area (Å²) in [5.41, 5.74) is 0.925. The van der Waals surface area contributed by atoms with Crippen molar-refractivity contribution in [1.29, 1.82) is 0 Å². The molecule has 9 heteroatoms. The second-order valence-electron chi connectivity index (χ2n) is 6.97. The van der Waals surface area contributed by atoms with Crippen LogP contribution < -0.4 is 10.1 Å². The van der Waals surface area contributed by atoms with Crippen molar-refractivity contribution >= 4 is 17.3 Å². The van der Waals surface area contributed by atoms with Crippen molar-refractivity contribution in [2.45, 2.75) is 32.0 Å². The van der Waals surface area contributed by atoms with Gasteiger partial charge < -0.3 is 24.6 Å². The van der Waals surface area contributed by atoms with Crippen LogP contribution in [0.4, 0.5) is 5.69 Å². The first kappa shape index (κ1) is 18.0. The smallest absolute Gasteiger partial charge is 0.230 e. The number of carbonyl (C=O) groups is 2. The van der Waals surface area contributed by atoms with E-state index >= 15 is 0 Å². The number of ketones is 2. The molecule has 1 aliphatic carbocycles. The van der Waals surface area contributed by atoms with Crippen LogP contribution >= 0.6 is 0 Å². The van der Waals surface area contributed by atoms with Gasteiger partial charge in [0, 0.05) is 6.08 Å². The van der Waals surface area contributed by atoms with Gasteiger partial charge in [-0.25, -0.2) is 4.98 Å². The number of aliphatic hydroxyl groups is 1. The molecule has 29 heavy (non-hydrogen) atoms. The van der Waals surface area contributed by atoms with Crippen LogP contribution in [0.1, 0.15) is 40.0 Å². The predicted octanol–water partition coefficient (Wildman–Crippen LogP) is 1.45. The molecule has 1 aromatic carbocycles. The SMILES string of the molecule is CCOc1ccccc1NC1=CC(=O)c2c(nc3n2[C@H]2OC[C@@H](O)[C@H]2OC3)C1=O. The minimum atomic E-state index is -0.788. The number of Topliss-reactive ketones (excluding diaryl/α,β-unsaturated/α-hetero) is 1. The van der Waals surface area contributed by atoms with E-state index in [0.717, 1.165) is 0 Å². The number of fused-ring (bicyclic) bond motifs is 5. The lowest BCUT2D eigenvalue weighted by molar-refractivity contribution is -0.0992. The van der Waals surface area contributed by atoms with Gasteiger partial charge in [0.05, 0.1) is 24.6 Å². The monoisotopic (exact) mass is 397 g/mol. The van der Waals surface area contributed by atoms with Crippen molar-refractivity contribution < 1.29 is 28.9 Å². The summed E-state index contributed by atoms with van der Waals surface area (Å²) >= 11 is 0. The van der Waals surface area contributed by atoms with Crippen LogP contribution in [-0.2, 0) is 16.1 Å². The van der Waals surface area contributed by atoms with Crippen LogP contribution in [-0.4, -0.2) is 51.6 Å². The molecule has 9 nitrogen and oxygen atoms in total. The maximum atomic E-state index is 13.1. The number of benzene rings is 1. The summed E-state index contributed by atoms with van der Waals surface area (Å²) in [4.78, 5) is 30.4. The Bertz CT molecular complexity index is 1040. The Morgan fingerprint density at radius 2 is 2.14 bits per heavy atom. The summed E-state index contributed by atoms with van der Waals surface area (Å²) < 4.78 is 18.4. The fraction of sp³-hybridized carbons (Fsp3) is 0.350. The molecule has 0 saturated carbocycles. The molecule has 0 radical (unpaired) electrons. The van der Waals surface area contributed by atoms with Gasteiger partial charge in [0.15, 0.2) is 6.23 Å². The number of carbonyl (C=O) groups excluding carboxylic acids is 2. The van der Waals surface area contributed by atoms with Crippen LogP contribution in [0.5, 0.6) is 5.75 Å². The van der Waals surface area contributed by atoms with E-state index in [1.54, 1.807) is 16.7 Å². The molecular weight excluding hydrogens is 378 g/mol. The number of anilines is 1. The highest BCUT2D eigenvalue weighted by molar-refractivity contribution is 6.24. The Labute approximate surface area is 165 Å². The molecule has 5 rings (SSSR count). The highest BCUT2D eigenvalue weighted by atomic mass is 16.6. The lowest BCUT2D eigenvalue weighted by atomic mass is 10.0. The Morgan fingerprint density at radius 3 is 2.97 bits per heavy atom. The summed E-state index contributed by atoms with van der Waals surface area (Å²) in [5.74, 6) is 0.246. The van der Waals surface area contributed by atoms with Crippen molar-refractivity contribution in [3.8, 4) is 5.75 Å². The minimum absolute atomic E-state index is 0.0538. The molecule has 1 aromatic heterocycles. The molecule has 2 aromatic rings. The van der Waals surface area contributed by atoms with E-state index in [9.17, 15) is 14.7 Å². The number of nitrogens with zero attached hydrogens (tertiary/aromatic N) is 2. The van der Waals surface area contributed by atoms with Crippen LogP contribution in [0.2, 0.25) is 0 Å². The average molecular weight is 397 g/mol. The average Bonchev–Trinajstić information content (AvgIpc) is 3.29. The molecule has 2 aliphatic heterocycles. The fourth-order valence-electron chi connectivity index (χ4n) is 3.89. The van der Waals surface area contributed by atoms with Gasteiger partial charge in [-0.2, -0.15) is 0 Å². The van der Waals surface area contributed by atoms with E-state index in [4.69, 9.17) is 14.2 Å². The van der Waals surface area contributed by atoms with Gasteiger partial charge >= 0.3 is 0 Å². The third-order valence-corrected chi connectivity index (χ3v) is 5.17. The second kappa shape index (κ2) is 6.80. The van der Waals surface area contributed by atoms with E-state index in [-0.39, 0.29) is 36.1 Å². The number of aromatic nitrogens is 2. The van der Waals surface area contributed by atoms with Gasteiger partial charge in [-0.15, -0.1) is 0 Å². The predicted molar refractivity (Wildman–Crippen MR) is 99.8 cm³/mol. The standard InChI is InChI=1S/C20H19N3O6/c1-2-27-14-6-4-3-5-10(14)21-11-7-12(24)17-16(18(11)26)22-15-9-28-19-13(25)8-29-20(19)23(15)17/h3-7,13,19-21,25H,2,8-9H2,1H3/t13-,19-,20+/m1/s1. The molecule has 1 saturated heterocycles. The third-order valence-electron chi connectivity index (χ3n) is 5.17. The summed E-state index contributed by atoms with van der Waals surface area (Å²) in [6, 6.07) is 7.18. The Balaban J connectivity index is 1.51. The number of ether oxygens (including phenoxy) is 3. The van der Waals surface area contributed by atoms with E-state index in [1.807, 2.05) is 19.1 Å². The van der Waals surface area contributed by atoms with Crippen molar-refractivity contribution in [1.82, 2.24) is 9.55 Å². The zero-order valence-electron chi connectivity index (χ0n) is 15.6. The molecule has 0 amide bonds. The maximum absolute atomic E-state index is 13.1. The van der Waals surface area contributed by atoms with Crippen LogP contribution in [0.15, 0.2) is 36.0 Å². The highest BCUT2D eigenvalue weighted by Crippen LogP contribution is 2.37. The maximum Gasteiger partial charge on any atom is 0.230 e. The van der Waals surface area contributed by atoms with Gasteiger partial charge in [-0.1, -0.05) is 12.1 Å². The number of rotatable bonds is 4. The van der Waals surface area contributed by atoms with Crippen molar-refractivity contribution in [2.24, 2.45) is 0 Å².